The predicted octanol–water partition coefficient (Wildman–Crippen LogP) is 2.00. The number of halogens is 1. The van der Waals surface area contributed by atoms with Gasteiger partial charge in [-0.2, -0.15) is 0 Å². The third-order valence-corrected chi connectivity index (χ3v) is 4.45. The topological polar surface area (TPSA) is 78.4 Å². The Hall–Kier alpha value is -2.38. The van der Waals surface area contributed by atoms with Crippen LogP contribution in [-0.2, 0) is 4.79 Å². The van der Waals surface area contributed by atoms with Crippen molar-refractivity contribution in [2.45, 2.75) is 18.9 Å². The molecule has 25 heavy (non-hydrogen) atoms. The van der Waals surface area contributed by atoms with Crippen LogP contribution in [0.25, 0.3) is 0 Å². The van der Waals surface area contributed by atoms with Crippen LogP contribution < -0.4 is 5.32 Å². The molecule has 0 spiro atoms. The number of rotatable bonds is 5. The Balaban J connectivity index is 1.48. The van der Waals surface area contributed by atoms with Gasteiger partial charge in [0.2, 0.25) is 11.9 Å². The number of carbonyl (C=O) groups is 1. The smallest absolute Gasteiger partial charge is 0.229 e. The first-order valence-electron chi connectivity index (χ1n) is 8.36. The minimum absolute atomic E-state index is 0.0829. The lowest BCUT2D eigenvalue weighted by molar-refractivity contribution is -0.121. The summed E-state index contributed by atoms with van der Waals surface area (Å²) in [5.74, 6) is -0.275. The Labute approximate surface area is 145 Å². The van der Waals surface area contributed by atoms with Crippen LogP contribution in [0.3, 0.4) is 0 Å². The lowest BCUT2D eigenvalue weighted by Gasteiger charge is -2.32. The highest BCUT2D eigenvalue weighted by atomic mass is 19.1. The summed E-state index contributed by atoms with van der Waals surface area (Å²) >= 11 is 0. The Bertz CT molecular complexity index is 705. The molecule has 0 saturated carbocycles. The van der Waals surface area contributed by atoms with Crippen molar-refractivity contribution in [3.05, 3.63) is 54.1 Å². The SMILES string of the molecule is O=C(Nc1ncccn1)C1CCN(C[C@H](O)c2ccccc2F)CC1. The third-order valence-electron chi connectivity index (χ3n) is 4.45. The van der Waals surface area contributed by atoms with Gasteiger partial charge in [0.05, 0.1) is 6.10 Å². The number of hydrogen-bond acceptors (Lipinski definition) is 5. The number of likely N-dealkylation sites (tertiary alicyclic amines) is 1. The molecular weight excluding hydrogens is 323 g/mol. The van der Waals surface area contributed by atoms with Crippen LogP contribution in [0.15, 0.2) is 42.7 Å². The third kappa shape index (κ3) is 4.58. The van der Waals surface area contributed by atoms with Gasteiger partial charge >= 0.3 is 0 Å². The summed E-state index contributed by atoms with van der Waals surface area (Å²) in [7, 11) is 0. The molecule has 2 heterocycles. The Morgan fingerprint density at radius 3 is 2.60 bits per heavy atom. The van der Waals surface area contributed by atoms with Crippen LogP contribution in [0, 0.1) is 11.7 Å². The number of aliphatic hydroxyl groups is 1. The number of β-amino-alcohol motifs (C(OH)–C–C–N with tert-alkyl or cyclic N) is 1. The number of nitrogens with one attached hydrogen (secondary N) is 1. The van der Waals surface area contributed by atoms with Crippen molar-refractivity contribution in [2.24, 2.45) is 5.92 Å². The van der Waals surface area contributed by atoms with Crippen molar-refractivity contribution in [3.8, 4) is 0 Å². The highest BCUT2D eigenvalue weighted by molar-refractivity contribution is 5.90. The molecule has 2 N–H and O–H groups in total. The molecule has 0 radical (unpaired) electrons. The molecular formula is C18H21FN4O2. The molecule has 0 bridgehead atoms. The lowest BCUT2D eigenvalue weighted by Crippen LogP contribution is -2.40. The van der Waals surface area contributed by atoms with E-state index in [0.29, 0.717) is 44.0 Å². The zero-order valence-corrected chi connectivity index (χ0v) is 13.8. The number of hydrogen-bond donors (Lipinski definition) is 2. The Morgan fingerprint density at radius 2 is 1.92 bits per heavy atom. The minimum atomic E-state index is -0.871. The van der Waals surface area contributed by atoms with Gasteiger partial charge in [0.25, 0.3) is 0 Å². The molecule has 2 aromatic rings. The summed E-state index contributed by atoms with van der Waals surface area (Å²) in [6, 6.07) is 7.95. The molecule has 0 unspecified atom stereocenters. The van der Waals surface area contributed by atoms with Crippen LogP contribution in [-0.4, -0.2) is 45.5 Å². The average Bonchev–Trinajstić information content (AvgIpc) is 2.63. The second kappa shape index (κ2) is 8.13. The number of nitrogens with zero attached hydrogens (tertiary/aromatic N) is 3. The van der Waals surface area contributed by atoms with Crippen LogP contribution >= 0.6 is 0 Å². The maximum atomic E-state index is 13.7. The highest BCUT2D eigenvalue weighted by Crippen LogP contribution is 2.23. The van der Waals surface area contributed by atoms with E-state index in [4.69, 9.17) is 0 Å². The number of aromatic nitrogens is 2. The molecule has 132 valence electrons. The quantitative estimate of drug-likeness (QED) is 0.867. The highest BCUT2D eigenvalue weighted by Gasteiger charge is 2.27. The van der Waals surface area contributed by atoms with Gasteiger partial charge in [0.15, 0.2) is 0 Å². The fraction of sp³-hybridized carbons (Fsp3) is 0.389. The number of carbonyl (C=O) groups excluding carboxylic acids is 1. The van der Waals surface area contributed by atoms with Crippen LogP contribution in [0.5, 0.6) is 0 Å². The van der Waals surface area contributed by atoms with E-state index in [1.165, 1.54) is 6.07 Å². The van der Waals surface area contributed by atoms with Gasteiger partial charge in [0, 0.05) is 30.4 Å². The second-order valence-corrected chi connectivity index (χ2v) is 6.17. The van der Waals surface area contributed by atoms with Crippen LogP contribution in [0.4, 0.5) is 10.3 Å². The lowest BCUT2D eigenvalue weighted by atomic mass is 9.95. The molecule has 0 aliphatic carbocycles. The molecule has 1 amide bonds. The average molecular weight is 344 g/mol. The van der Waals surface area contributed by atoms with Gasteiger partial charge < -0.3 is 10.0 Å². The molecule has 1 aromatic carbocycles. The van der Waals surface area contributed by atoms with Crippen molar-refractivity contribution in [3.63, 3.8) is 0 Å². The summed E-state index contributed by atoms with van der Waals surface area (Å²) in [6.07, 6.45) is 3.65. The van der Waals surface area contributed by atoms with E-state index in [-0.39, 0.29) is 11.8 Å². The standard InChI is InChI=1S/C18H21FN4O2/c19-15-5-2-1-4-14(15)16(24)12-23-10-6-13(7-11-23)17(25)22-18-20-8-3-9-21-18/h1-5,8-9,13,16,24H,6-7,10-12H2,(H,20,21,22,25)/t16-/m0/s1. The van der Waals surface area contributed by atoms with E-state index < -0.39 is 11.9 Å². The molecule has 1 fully saturated rings. The first-order chi connectivity index (χ1) is 12.1. The van der Waals surface area contributed by atoms with Gasteiger partial charge in [0.1, 0.15) is 5.82 Å². The van der Waals surface area contributed by atoms with E-state index in [1.54, 1.807) is 36.7 Å². The van der Waals surface area contributed by atoms with Crippen molar-refractivity contribution < 1.29 is 14.3 Å². The van der Waals surface area contributed by atoms with Gasteiger partial charge in [-0.05, 0) is 38.1 Å². The van der Waals surface area contributed by atoms with E-state index in [0.717, 1.165) is 0 Å². The first-order valence-corrected chi connectivity index (χ1v) is 8.36. The largest absolute Gasteiger partial charge is 0.387 e. The molecule has 1 aromatic heterocycles. The summed E-state index contributed by atoms with van der Waals surface area (Å²) in [4.78, 5) is 22.3. The number of piperidine rings is 1. The van der Waals surface area contributed by atoms with Gasteiger partial charge in [-0.3, -0.25) is 10.1 Å². The number of benzene rings is 1. The minimum Gasteiger partial charge on any atom is -0.387 e. The molecule has 1 saturated heterocycles. The predicted molar refractivity (Wildman–Crippen MR) is 91.2 cm³/mol. The summed E-state index contributed by atoms with van der Waals surface area (Å²) in [5, 5.41) is 13.0. The van der Waals surface area contributed by atoms with Crippen LogP contribution in [0.2, 0.25) is 0 Å². The molecule has 1 atom stereocenters. The fourth-order valence-electron chi connectivity index (χ4n) is 3.04. The normalized spacial score (nSPS) is 17.2. The van der Waals surface area contributed by atoms with Crippen LogP contribution in [0.1, 0.15) is 24.5 Å². The molecule has 7 heteroatoms. The summed E-state index contributed by atoms with van der Waals surface area (Å²) < 4.78 is 13.7. The fourth-order valence-corrected chi connectivity index (χ4v) is 3.04. The van der Waals surface area contributed by atoms with Gasteiger partial charge in [-0.15, -0.1) is 0 Å². The van der Waals surface area contributed by atoms with Crippen molar-refractivity contribution in [1.82, 2.24) is 14.9 Å². The zero-order chi connectivity index (χ0) is 17.6. The van der Waals surface area contributed by atoms with E-state index >= 15 is 0 Å². The molecule has 6 nitrogen and oxygen atoms in total. The number of amides is 1. The molecule has 1 aliphatic heterocycles. The monoisotopic (exact) mass is 344 g/mol. The molecule has 3 rings (SSSR count). The maximum Gasteiger partial charge on any atom is 0.229 e. The first kappa shape index (κ1) is 17.4. The Morgan fingerprint density at radius 1 is 1.24 bits per heavy atom. The Kier molecular flexibility index (Phi) is 5.67. The van der Waals surface area contributed by atoms with Crippen molar-refractivity contribution >= 4 is 11.9 Å². The number of anilines is 1. The zero-order valence-electron chi connectivity index (χ0n) is 13.8. The molecule has 1 aliphatic rings. The van der Waals surface area contributed by atoms with Gasteiger partial charge in [-0.25, -0.2) is 14.4 Å². The maximum absolute atomic E-state index is 13.7. The van der Waals surface area contributed by atoms with E-state index in [2.05, 4.69) is 20.2 Å². The number of aliphatic hydroxyl groups excluding tert-OH is 1. The van der Waals surface area contributed by atoms with E-state index in [1.807, 2.05) is 0 Å². The van der Waals surface area contributed by atoms with Crippen molar-refractivity contribution in [1.29, 1.82) is 0 Å². The van der Waals surface area contributed by atoms with Gasteiger partial charge in [-0.1, -0.05) is 18.2 Å². The van der Waals surface area contributed by atoms with Crippen molar-refractivity contribution in [2.75, 3.05) is 25.0 Å². The second-order valence-electron chi connectivity index (χ2n) is 6.17. The summed E-state index contributed by atoms with van der Waals surface area (Å²) in [5.41, 5.74) is 0.309. The summed E-state index contributed by atoms with van der Waals surface area (Å²) in [6.45, 7) is 1.72. The van der Waals surface area contributed by atoms with E-state index in [9.17, 15) is 14.3 Å².